The summed E-state index contributed by atoms with van der Waals surface area (Å²) < 4.78 is 31.3. The number of carbonyl (C=O) groups excluding carboxylic acids is 2. The molecule has 0 saturated carbocycles. The van der Waals surface area contributed by atoms with Gasteiger partial charge in [-0.1, -0.05) is 31.2 Å². The van der Waals surface area contributed by atoms with E-state index < -0.39 is 16.1 Å². The number of carbonyl (C=O) groups is 2. The normalized spacial score (nSPS) is 12.0. The molecule has 2 aromatic carbocycles. The third-order valence-electron chi connectivity index (χ3n) is 5.59. The maximum absolute atomic E-state index is 13.3. The van der Waals surface area contributed by atoms with Crippen LogP contribution in [0.25, 0.3) is 0 Å². The van der Waals surface area contributed by atoms with Crippen molar-refractivity contribution in [2.24, 2.45) is 0 Å². The zero-order valence-corrected chi connectivity index (χ0v) is 21.4. The number of hydrogen-bond acceptors (Lipinski definition) is 5. The molecule has 1 N–H and O–H groups in total. The number of aryl methyl sites for hydroxylation is 1. The van der Waals surface area contributed by atoms with E-state index >= 15 is 0 Å². The fourth-order valence-corrected chi connectivity index (χ4v) is 4.76. The molecule has 0 unspecified atom stereocenters. The van der Waals surface area contributed by atoms with E-state index in [0.717, 1.165) is 17.4 Å². The van der Waals surface area contributed by atoms with Gasteiger partial charge in [0.15, 0.2) is 0 Å². The van der Waals surface area contributed by atoms with E-state index in [1.54, 1.807) is 37.3 Å². The average molecular weight is 490 g/mol. The first-order valence-electron chi connectivity index (χ1n) is 11.3. The van der Waals surface area contributed by atoms with Crippen LogP contribution >= 0.6 is 0 Å². The molecular formula is C25H35N3O5S. The lowest BCUT2D eigenvalue weighted by molar-refractivity contribution is -0.141. The molecule has 9 heteroatoms. The molecule has 0 heterocycles. The van der Waals surface area contributed by atoms with Gasteiger partial charge < -0.3 is 15.0 Å². The van der Waals surface area contributed by atoms with Gasteiger partial charge in [-0.05, 0) is 55.2 Å². The molecule has 0 radical (unpaired) electrons. The van der Waals surface area contributed by atoms with Crippen molar-refractivity contribution in [3.63, 3.8) is 0 Å². The summed E-state index contributed by atoms with van der Waals surface area (Å²) in [5.74, 6) is 0.267. The fraction of sp³-hybridized carbons (Fsp3) is 0.440. The van der Waals surface area contributed by atoms with Crippen LogP contribution in [0.15, 0.2) is 48.5 Å². The highest BCUT2D eigenvalue weighted by Gasteiger charge is 2.28. The predicted molar refractivity (Wildman–Crippen MR) is 134 cm³/mol. The number of anilines is 1. The maximum atomic E-state index is 13.3. The Morgan fingerprint density at radius 3 is 2.32 bits per heavy atom. The van der Waals surface area contributed by atoms with Gasteiger partial charge in [-0.25, -0.2) is 8.42 Å². The zero-order valence-electron chi connectivity index (χ0n) is 20.6. The highest BCUT2D eigenvalue weighted by atomic mass is 32.2. The molecule has 0 fully saturated rings. The summed E-state index contributed by atoms with van der Waals surface area (Å²) in [6.07, 6.45) is 2.05. The molecule has 8 nitrogen and oxygen atoms in total. The number of ether oxygens (including phenoxy) is 1. The van der Waals surface area contributed by atoms with E-state index in [9.17, 15) is 18.0 Å². The highest BCUT2D eigenvalue weighted by molar-refractivity contribution is 7.92. The topological polar surface area (TPSA) is 96.0 Å². The second-order valence-corrected chi connectivity index (χ2v) is 10.1. The van der Waals surface area contributed by atoms with Crippen LogP contribution in [0.4, 0.5) is 5.69 Å². The van der Waals surface area contributed by atoms with Crippen LogP contribution in [0.3, 0.4) is 0 Å². The Bertz CT molecular complexity index is 1070. The number of nitrogens with zero attached hydrogens (tertiary/aromatic N) is 2. The van der Waals surface area contributed by atoms with Gasteiger partial charge in [-0.3, -0.25) is 13.9 Å². The van der Waals surface area contributed by atoms with Crippen LogP contribution in [0.5, 0.6) is 5.75 Å². The molecular weight excluding hydrogens is 454 g/mol. The molecule has 2 aromatic rings. The van der Waals surface area contributed by atoms with Gasteiger partial charge in [0.05, 0.1) is 19.1 Å². The molecule has 0 aliphatic carbocycles. The second-order valence-electron chi connectivity index (χ2n) is 8.19. The number of rotatable bonds is 12. The third kappa shape index (κ3) is 7.48. The van der Waals surface area contributed by atoms with Crippen molar-refractivity contribution in [3.8, 4) is 5.75 Å². The lowest BCUT2D eigenvalue weighted by Crippen LogP contribution is -2.48. The number of sulfonamides is 1. The Balaban J connectivity index is 2.18. The molecule has 2 rings (SSSR count). The van der Waals surface area contributed by atoms with Crippen LogP contribution in [-0.4, -0.2) is 58.1 Å². The fourth-order valence-electron chi connectivity index (χ4n) is 3.80. The summed E-state index contributed by atoms with van der Waals surface area (Å²) in [5, 5.41) is 2.64. The predicted octanol–water partition coefficient (Wildman–Crippen LogP) is 3.10. The Kier molecular flexibility index (Phi) is 9.92. The minimum Gasteiger partial charge on any atom is -0.497 e. The lowest BCUT2D eigenvalue weighted by Gasteiger charge is -2.31. The van der Waals surface area contributed by atoms with Crippen molar-refractivity contribution >= 4 is 27.5 Å². The molecule has 34 heavy (non-hydrogen) atoms. The molecule has 0 aromatic heterocycles. The zero-order chi connectivity index (χ0) is 25.3. The van der Waals surface area contributed by atoms with E-state index in [1.807, 2.05) is 44.2 Å². The van der Waals surface area contributed by atoms with E-state index in [0.29, 0.717) is 24.3 Å². The number of benzene rings is 2. The van der Waals surface area contributed by atoms with Crippen LogP contribution in [0.1, 0.15) is 37.3 Å². The summed E-state index contributed by atoms with van der Waals surface area (Å²) in [6, 6.07) is 14.0. The van der Waals surface area contributed by atoms with Gasteiger partial charge >= 0.3 is 0 Å². The van der Waals surface area contributed by atoms with Crippen molar-refractivity contribution in [2.75, 3.05) is 31.3 Å². The van der Waals surface area contributed by atoms with Crippen molar-refractivity contribution < 1.29 is 22.7 Å². The SMILES string of the molecule is CC[C@@H](C(=O)NC)N(Cc1ccc(OC)cc1)C(=O)CCCN(c1cccc(C)c1)S(C)(=O)=O. The Labute approximate surface area is 202 Å². The van der Waals surface area contributed by atoms with Crippen LogP contribution in [0, 0.1) is 6.92 Å². The number of amides is 2. The minimum atomic E-state index is -3.51. The van der Waals surface area contributed by atoms with E-state index in [4.69, 9.17) is 4.74 Å². The second kappa shape index (κ2) is 12.4. The minimum absolute atomic E-state index is 0.113. The number of hydrogen-bond donors (Lipinski definition) is 1. The molecule has 0 spiro atoms. The van der Waals surface area contributed by atoms with Crippen molar-refractivity contribution in [1.82, 2.24) is 10.2 Å². The largest absolute Gasteiger partial charge is 0.497 e. The van der Waals surface area contributed by atoms with Gasteiger partial charge in [0, 0.05) is 26.6 Å². The summed E-state index contributed by atoms with van der Waals surface area (Å²) >= 11 is 0. The summed E-state index contributed by atoms with van der Waals surface area (Å²) in [5.41, 5.74) is 2.39. The molecule has 1 atom stereocenters. The number of methoxy groups -OCH3 is 1. The average Bonchev–Trinajstić information content (AvgIpc) is 2.80. The first-order valence-corrected chi connectivity index (χ1v) is 13.1. The molecule has 186 valence electrons. The quantitative estimate of drug-likeness (QED) is 0.494. The molecule has 0 aliphatic heterocycles. The molecule has 0 aliphatic rings. The Morgan fingerprint density at radius 2 is 1.79 bits per heavy atom. The Hall–Kier alpha value is -3.07. The van der Waals surface area contributed by atoms with E-state index in [2.05, 4.69) is 5.32 Å². The highest BCUT2D eigenvalue weighted by Crippen LogP contribution is 2.21. The first-order chi connectivity index (χ1) is 16.1. The van der Waals surface area contributed by atoms with Gasteiger partial charge in [0.25, 0.3) is 0 Å². The maximum Gasteiger partial charge on any atom is 0.242 e. The number of nitrogens with one attached hydrogen (secondary N) is 1. The molecule has 2 amide bonds. The monoisotopic (exact) mass is 489 g/mol. The van der Waals surface area contributed by atoms with E-state index in [-0.39, 0.29) is 31.3 Å². The summed E-state index contributed by atoms with van der Waals surface area (Å²) in [7, 11) is -0.382. The van der Waals surface area contributed by atoms with Crippen molar-refractivity contribution in [3.05, 3.63) is 59.7 Å². The number of likely N-dealkylation sites (N-methyl/N-ethyl adjacent to an activating group) is 1. The van der Waals surface area contributed by atoms with Crippen molar-refractivity contribution in [2.45, 2.75) is 45.7 Å². The summed E-state index contributed by atoms with van der Waals surface area (Å²) in [4.78, 5) is 27.3. The van der Waals surface area contributed by atoms with E-state index in [1.165, 1.54) is 4.31 Å². The smallest absolute Gasteiger partial charge is 0.242 e. The molecule has 0 saturated heterocycles. The molecule has 0 bridgehead atoms. The lowest BCUT2D eigenvalue weighted by atomic mass is 10.1. The third-order valence-corrected chi connectivity index (χ3v) is 6.78. The standard InChI is InChI=1S/C25H35N3O5S/c1-6-23(25(30)26-3)27(18-20-12-14-22(33-4)15-13-20)24(29)11-8-16-28(34(5,31)32)21-10-7-9-19(2)17-21/h7,9-10,12-15,17,23H,6,8,11,16,18H2,1-5H3,(H,26,30)/t23-/m0/s1. The van der Waals surface area contributed by atoms with Gasteiger partial charge in [0.2, 0.25) is 21.8 Å². The van der Waals surface area contributed by atoms with Gasteiger partial charge in [0.1, 0.15) is 11.8 Å². The van der Waals surface area contributed by atoms with Gasteiger partial charge in [-0.15, -0.1) is 0 Å². The van der Waals surface area contributed by atoms with Crippen molar-refractivity contribution in [1.29, 1.82) is 0 Å². The van der Waals surface area contributed by atoms with Crippen LogP contribution in [-0.2, 0) is 26.2 Å². The van der Waals surface area contributed by atoms with Crippen LogP contribution < -0.4 is 14.4 Å². The summed E-state index contributed by atoms with van der Waals surface area (Å²) in [6.45, 7) is 4.19. The Morgan fingerprint density at radius 1 is 1.12 bits per heavy atom. The van der Waals surface area contributed by atoms with Gasteiger partial charge in [-0.2, -0.15) is 0 Å². The first kappa shape index (κ1) is 27.2. The van der Waals surface area contributed by atoms with Crippen LogP contribution in [0.2, 0.25) is 0 Å².